The molecule has 0 bridgehead atoms. The van der Waals surface area contributed by atoms with Crippen molar-refractivity contribution in [2.75, 3.05) is 5.32 Å². The molecule has 2 aromatic rings. The van der Waals surface area contributed by atoms with E-state index in [-0.39, 0.29) is 5.69 Å². The lowest BCUT2D eigenvalue weighted by Crippen LogP contribution is -2.47. The lowest BCUT2D eigenvalue weighted by molar-refractivity contribution is -0.267. The SMILES string of the molecule is O=C(Nc1ccc(-c2nccs2)cc1)C(F)(F)C(F)(F)F. The number of aromatic nitrogens is 1. The van der Waals surface area contributed by atoms with E-state index in [1.807, 2.05) is 0 Å². The largest absolute Gasteiger partial charge is 0.463 e. The molecular formula is C12H7F5N2OS. The van der Waals surface area contributed by atoms with Crippen LogP contribution >= 0.6 is 11.3 Å². The average Bonchev–Trinajstić information content (AvgIpc) is 2.92. The van der Waals surface area contributed by atoms with Gasteiger partial charge >= 0.3 is 18.0 Å². The lowest BCUT2D eigenvalue weighted by Gasteiger charge is -2.18. The summed E-state index contributed by atoms with van der Waals surface area (Å²) < 4.78 is 61.6. The molecule has 9 heteroatoms. The fourth-order valence-corrected chi connectivity index (χ4v) is 2.04. The maximum Gasteiger partial charge on any atom is 0.463 e. The zero-order valence-corrected chi connectivity index (χ0v) is 10.9. The molecular weight excluding hydrogens is 315 g/mol. The Hall–Kier alpha value is -2.03. The number of alkyl halides is 5. The van der Waals surface area contributed by atoms with E-state index in [2.05, 4.69) is 4.98 Å². The van der Waals surface area contributed by atoms with Crippen molar-refractivity contribution in [1.29, 1.82) is 0 Å². The number of carbonyl (C=O) groups is 1. The topological polar surface area (TPSA) is 42.0 Å². The van der Waals surface area contributed by atoms with Crippen LogP contribution in [0.3, 0.4) is 0 Å². The maximum absolute atomic E-state index is 12.8. The highest BCUT2D eigenvalue weighted by Crippen LogP contribution is 2.36. The van der Waals surface area contributed by atoms with Crippen LogP contribution in [0.2, 0.25) is 0 Å². The molecule has 0 unspecified atom stereocenters. The number of halogens is 5. The van der Waals surface area contributed by atoms with Crippen LogP contribution in [0.1, 0.15) is 0 Å². The number of hydrogen-bond donors (Lipinski definition) is 1. The van der Waals surface area contributed by atoms with E-state index in [0.717, 1.165) is 0 Å². The Bertz CT molecular complexity index is 622. The normalized spacial score (nSPS) is 12.2. The van der Waals surface area contributed by atoms with Gasteiger partial charge in [-0.05, 0) is 24.3 Å². The first kappa shape index (κ1) is 15.4. The van der Waals surface area contributed by atoms with E-state index in [1.54, 1.807) is 11.6 Å². The van der Waals surface area contributed by atoms with Gasteiger partial charge in [0, 0.05) is 22.8 Å². The molecule has 0 radical (unpaired) electrons. The Labute approximate surface area is 119 Å². The number of nitrogens with zero attached hydrogens (tertiary/aromatic N) is 1. The Kier molecular flexibility index (Phi) is 3.95. The minimum Gasteiger partial charge on any atom is -0.321 e. The van der Waals surface area contributed by atoms with Gasteiger partial charge in [-0.15, -0.1) is 11.3 Å². The lowest BCUT2D eigenvalue weighted by atomic mass is 10.2. The maximum atomic E-state index is 12.8. The number of thiazole rings is 1. The first-order valence-electron chi connectivity index (χ1n) is 5.48. The van der Waals surface area contributed by atoms with Gasteiger partial charge < -0.3 is 5.32 Å². The number of nitrogens with one attached hydrogen (secondary N) is 1. The molecule has 0 saturated heterocycles. The zero-order valence-electron chi connectivity index (χ0n) is 10.1. The molecule has 0 aliphatic carbocycles. The van der Waals surface area contributed by atoms with Gasteiger partial charge in [0.1, 0.15) is 5.01 Å². The fraction of sp³-hybridized carbons (Fsp3) is 0.167. The summed E-state index contributed by atoms with van der Waals surface area (Å²) in [6, 6.07) is 5.36. The third-order valence-electron chi connectivity index (χ3n) is 2.46. The van der Waals surface area contributed by atoms with Crippen LogP contribution in [-0.2, 0) is 4.79 Å². The molecule has 0 spiro atoms. The van der Waals surface area contributed by atoms with Crippen LogP contribution in [0, 0.1) is 0 Å². The molecule has 112 valence electrons. The number of hydrogen-bond acceptors (Lipinski definition) is 3. The molecule has 1 aromatic carbocycles. The third-order valence-corrected chi connectivity index (χ3v) is 3.29. The second-order valence-corrected chi connectivity index (χ2v) is 4.84. The van der Waals surface area contributed by atoms with Crippen molar-refractivity contribution in [2.45, 2.75) is 12.1 Å². The highest BCUT2D eigenvalue weighted by molar-refractivity contribution is 7.13. The van der Waals surface area contributed by atoms with Crippen LogP contribution in [-0.4, -0.2) is 23.0 Å². The van der Waals surface area contributed by atoms with Gasteiger partial charge in [-0.25, -0.2) is 4.98 Å². The monoisotopic (exact) mass is 322 g/mol. The molecule has 0 saturated carbocycles. The number of amides is 1. The number of anilines is 1. The van der Waals surface area contributed by atoms with Crippen molar-refractivity contribution < 1.29 is 26.7 Å². The average molecular weight is 322 g/mol. The molecule has 1 aromatic heterocycles. The Morgan fingerprint density at radius 3 is 2.19 bits per heavy atom. The van der Waals surface area contributed by atoms with Crippen molar-refractivity contribution in [3.8, 4) is 10.6 Å². The van der Waals surface area contributed by atoms with Gasteiger partial charge in [0.25, 0.3) is 0 Å². The fourth-order valence-electron chi connectivity index (χ4n) is 1.40. The molecule has 0 atom stereocenters. The van der Waals surface area contributed by atoms with Gasteiger partial charge in [-0.1, -0.05) is 0 Å². The number of carbonyl (C=O) groups excluding carboxylic acids is 1. The first-order valence-corrected chi connectivity index (χ1v) is 6.36. The molecule has 1 heterocycles. The van der Waals surface area contributed by atoms with E-state index in [9.17, 15) is 26.7 Å². The molecule has 1 amide bonds. The smallest absolute Gasteiger partial charge is 0.321 e. The van der Waals surface area contributed by atoms with Crippen molar-refractivity contribution in [2.24, 2.45) is 0 Å². The van der Waals surface area contributed by atoms with Gasteiger partial charge in [0.2, 0.25) is 0 Å². The Morgan fingerprint density at radius 1 is 1.10 bits per heavy atom. The van der Waals surface area contributed by atoms with Gasteiger partial charge in [0.05, 0.1) is 0 Å². The van der Waals surface area contributed by atoms with E-state index < -0.39 is 18.0 Å². The van der Waals surface area contributed by atoms with Crippen molar-refractivity contribution >= 4 is 22.9 Å². The molecule has 0 aliphatic rings. The highest BCUT2D eigenvalue weighted by atomic mass is 32.1. The standard InChI is InChI=1S/C12H7F5N2OS/c13-11(14,12(15,16)17)10(20)19-8-3-1-7(2-4-8)9-18-5-6-21-9/h1-6H,(H,19,20). The minimum atomic E-state index is -5.93. The van der Waals surface area contributed by atoms with Crippen LogP contribution in [0.4, 0.5) is 27.6 Å². The molecule has 2 rings (SSSR count). The third kappa shape index (κ3) is 3.18. The van der Waals surface area contributed by atoms with Crippen molar-refractivity contribution in [3.63, 3.8) is 0 Å². The van der Waals surface area contributed by atoms with E-state index in [4.69, 9.17) is 0 Å². The number of benzene rings is 1. The zero-order chi connectivity index (χ0) is 15.7. The first-order chi connectivity index (χ1) is 9.72. The quantitative estimate of drug-likeness (QED) is 0.870. The van der Waals surface area contributed by atoms with Gasteiger partial charge in [-0.2, -0.15) is 22.0 Å². The second-order valence-electron chi connectivity index (χ2n) is 3.94. The van der Waals surface area contributed by atoms with Crippen LogP contribution in [0.15, 0.2) is 35.8 Å². The summed E-state index contributed by atoms with van der Waals surface area (Å²) in [6.45, 7) is 0. The summed E-state index contributed by atoms with van der Waals surface area (Å²) in [5, 5.41) is 3.93. The summed E-state index contributed by atoms with van der Waals surface area (Å²) in [5.41, 5.74) is 0.495. The van der Waals surface area contributed by atoms with Crippen molar-refractivity contribution in [1.82, 2.24) is 4.98 Å². The second kappa shape index (κ2) is 5.40. The van der Waals surface area contributed by atoms with E-state index in [0.29, 0.717) is 10.6 Å². The summed E-state index contributed by atoms with van der Waals surface area (Å²) >= 11 is 1.34. The predicted octanol–water partition coefficient (Wildman–Crippen LogP) is 3.95. The summed E-state index contributed by atoms with van der Waals surface area (Å²) in [7, 11) is 0. The molecule has 3 nitrogen and oxygen atoms in total. The summed E-state index contributed by atoms with van der Waals surface area (Å²) in [4.78, 5) is 15.0. The van der Waals surface area contributed by atoms with Crippen LogP contribution < -0.4 is 5.32 Å². The van der Waals surface area contributed by atoms with Crippen molar-refractivity contribution in [3.05, 3.63) is 35.8 Å². The highest BCUT2D eigenvalue weighted by Gasteiger charge is 2.63. The molecule has 1 N–H and O–H groups in total. The minimum absolute atomic E-state index is 0.163. The van der Waals surface area contributed by atoms with Gasteiger partial charge in [-0.3, -0.25) is 4.79 Å². The number of rotatable bonds is 3. The molecule has 0 aliphatic heterocycles. The van der Waals surface area contributed by atoms with E-state index >= 15 is 0 Å². The van der Waals surface area contributed by atoms with Gasteiger partial charge in [0.15, 0.2) is 0 Å². The summed E-state index contributed by atoms with van der Waals surface area (Å²) in [6.07, 6.45) is -4.36. The Morgan fingerprint density at radius 2 is 1.71 bits per heavy atom. The summed E-state index contributed by atoms with van der Waals surface area (Å²) in [5.74, 6) is -7.86. The predicted molar refractivity (Wildman–Crippen MR) is 67.2 cm³/mol. The van der Waals surface area contributed by atoms with Crippen LogP contribution in [0.5, 0.6) is 0 Å². The van der Waals surface area contributed by atoms with Crippen LogP contribution in [0.25, 0.3) is 10.6 Å². The molecule has 21 heavy (non-hydrogen) atoms. The Balaban J connectivity index is 2.12. The van der Waals surface area contributed by atoms with E-state index in [1.165, 1.54) is 40.9 Å². The molecule has 0 fully saturated rings.